The first-order chi connectivity index (χ1) is 12.4. The van der Waals surface area contributed by atoms with Gasteiger partial charge in [0, 0.05) is 5.69 Å². The van der Waals surface area contributed by atoms with Crippen LogP contribution in [0.3, 0.4) is 0 Å². The van der Waals surface area contributed by atoms with E-state index in [0.29, 0.717) is 17.6 Å². The van der Waals surface area contributed by atoms with E-state index in [0.717, 1.165) is 11.4 Å². The summed E-state index contributed by atoms with van der Waals surface area (Å²) in [7, 11) is 0. The third kappa shape index (κ3) is 5.60. The molecule has 3 nitrogen and oxygen atoms in total. The second-order valence-electron chi connectivity index (χ2n) is 6.80. The SMILES string of the molecule is C=CCOc1ccc(NC(=S)N[C@H](c2ccc(C)cc2C)C(C)C)cc1. The van der Waals surface area contributed by atoms with Gasteiger partial charge in [-0.3, -0.25) is 0 Å². The zero-order valence-electron chi connectivity index (χ0n) is 16.0. The second kappa shape index (κ2) is 9.39. The van der Waals surface area contributed by atoms with Crippen molar-refractivity contribution >= 4 is 23.0 Å². The highest BCUT2D eigenvalue weighted by Gasteiger charge is 2.18. The van der Waals surface area contributed by atoms with Crippen molar-refractivity contribution in [2.45, 2.75) is 33.7 Å². The standard InChI is InChI=1S/C22H28N2OS/c1-6-13-25-19-10-8-18(9-11-19)23-22(26)24-21(15(2)3)20-12-7-16(4)14-17(20)5/h6-12,14-15,21H,1,13H2,2-5H3,(H2,23,24,26)/t21-/m0/s1. The van der Waals surface area contributed by atoms with Gasteiger partial charge in [0.1, 0.15) is 12.4 Å². The minimum atomic E-state index is 0.158. The molecule has 0 heterocycles. The van der Waals surface area contributed by atoms with Crippen LogP contribution in [-0.2, 0) is 0 Å². The van der Waals surface area contributed by atoms with Gasteiger partial charge in [0.05, 0.1) is 6.04 Å². The number of benzene rings is 2. The Hall–Kier alpha value is -2.33. The molecule has 2 rings (SSSR count). The summed E-state index contributed by atoms with van der Waals surface area (Å²) in [5, 5.41) is 7.34. The summed E-state index contributed by atoms with van der Waals surface area (Å²) in [6, 6.07) is 14.4. The molecule has 2 N–H and O–H groups in total. The highest BCUT2D eigenvalue weighted by Crippen LogP contribution is 2.26. The molecule has 2 aromatic carbocycles. The van der Waals surface area contributed by atoms with Crippen molar-refractivity contribution in [1.29, 1.82) is 0 Å². The topological polar surface area (TPSA) is 33.3 Å². The first kappa shape index (κ1) is 20.0. The molecule has 2 aromatic rings. The number of anilines is 1. The fourth-order valence-electron chi connectivity index (χ4n) is 2.88. The highest BCUT2D eigenvalue weighted by atomic mass is 32.1. The minimum absolute atomic E-state index is 0.158. The van der Waals surface area contributed by atoms with Crippen molar-refractivity contribution in [2.24, 2.45) is 5.92 Å². The molecule has 0 aromatic heterocycles. The number of thiocarbonyl (C=S) groups is 1. The van der Waals surface area contributed by atoms with Crippen LogP contribution < -0.4 is 15.4 Å². The molecule has 0 aliphatic carbocycles. The van der Waals surface area contributed by atoms with Gasteiger partial charge in [-0.05, 0) is 67.4 Å². The zero-order valence-corrected chi connectivity index (χ0v) is 16.8. The quantitative estimate of drug-likeness (QED) is 0.496. The van der Waals surface area contributed by atoms with Crippen LogP contribution >= 0.6 is 12.2 Å². The predicted octanol–water partition coefficient (Wildman–Crippen LogP) is 5.55. The predicted molar refractivity (Wildman–Crippen MR) is 115 cm³/mol. The van der Waals surface area contributed by atoms with Gasteiger partial charge in [-0.1, -0.05) is 50.3 Å². The maximum atomic E-state index is 5.54. The number of rotatable bonds is 7. The lowest BCUT2D eigenvalue weighted by Crippen LogP contribution is -2.35. The molecule has 0 unspecified atom stereocenters. The van der Waals surface area contributed by atoms with Gasteiger partial charge in [-0.2, -0.15) is 0 Å². The highest BCUT2D eigenvalue weighted by molar-refractivity contribution is 7.80. The fraction of sp³-hybridized carbons (Fsp3) is 0.318. The van der Waals surface area contributed by atoms with Crippen molar-refractivity contribution in [3.8, 4) is 5.75 Å². The Morgan fingerprint density at radius 3 is 2.42 bits per heavy atom. The Morgan fingerprint density at radius 2 is 1.85 bits per heavy atom. The number of hydrogen-bond acceptors (Lipinski definition) is 2. The number of aryl methyl sites for hydroxylation is 2. The van der Waals surface area contributed by atoms with Crippen LogP contribution in [0, 0.1) is 19.8 Å². The minimum Gasteiger partial charge on any atom is -0.490 e. The van der Waals surface area contributed by atoms with Crippen LogP contribution in [0.25, 0.3) is 0 Å². The summed E-state index contributed by atoms with van der Waals surface area (Å²) in [6.45, 7) is 12.8. The van der Waals surface area contributed by atoms with E-state index in [1.165, 1.54) is 16.7 Å². The smallest absolute Gasteiger partial charge is 0.171 e. The second-order valence-corrected chi connectivity index (χ2v) is 7.21. The molecule has 0 aliphatic heterocycles. The third-order valence-corrected chi connectivity index (χ3v) is 4.41. The molecule has 138 valence electrons. The van der Waals surface area contributed by atoms with Crippen molar-refractivity contribution in [3.63, 3.8) is 0 Å². The van der Waals surface area contributed by atoms with E-state index >= 15 is 0 Å². The van der Waals surface area contributed by atoms with E-state index in [9.17, 15) is 0 Å². The van der Waals surface area contributed by atoms with Crippen LogP contribution in [0.4, 0.5) is 5.69 Å². The molecule has 4 heteroatoms. The summed E-state index contributed by atoms with van der Waals surface area (Å²) in [6.07, 6.45) is 1.73. The average Bonchev–Trinajstić information content (AvgIpc) is 2.59. The Morgan fingerprint density at radius 1 is 1.15 bits per heavy atom. The van der Waals surface area contributed by atoms with Crippen molar-refractivity contribution in [2.75, 3.05) is 11.9 Å². The van der Waals surface area contributed by atoms with Crippen molar-refractivity contribution < 1.29 is 4.74 Å². The summed E-state index contributed by atoms with van der Waals surface area (Å²) in [5.74, 6) is 1.22. The molecule has 26 heavy (non-hydrogen) atoms. The third-order valence-electron chi connectivity index (χ3n) is 4.19. The summed E-state index contributed by atoms with van der Waals surface area (Å²) in [5.41, 5.74) is 4.76. The Kier molecular flexibility index (Phi) is 7.22. The van der Waals surface area contributed by atoms with Crippen molar-refractivity contribution in [1.82, 2.24) is 5.32 Å². The maximum Gasteiger partial charge on any atom is 0.171 e. The lowest BCUT2D eigenvalue weighted by Gasteiger charge is -2.26. The van der Waals surface area contributed by atoms with E-state index in [2.05, 4.69) is 63.1 Å². The van der Waals surface area contributed by atoms with Gasteiger partial charge in [0.2, 0.25) is 0 Å². The number of nitrogens with one attached hydrogen (secondary N) is 2. The molecule has 0 aliphatic rings. The number of ether oxygens (including phenoxy) is 1. The molecular weight excluding hydrogens is 340 g/mol. The Labute approximate surface area is 162 Å². The molecule has 0 saturated heterocycles. The van der Waals surface area contributed by atoms with Crippen LogP contribution in [-0.4, -0.2) is 11.7 Å². The van der Waals surface area contributed by atoms with Gasteiger partial charge in [0.15, 0.2) is 5.11 Å². The van der Waals surface area contributed by atoms with Gasteiger partial charge in [-0.25, -0.2) is 0 Å². The molecule has 0 bridgehead atoms. The molecule has 1 atom stereocenters. The molecule has 0 spiro atoms. The summed E-state index contributed by atoms with van der Waals surface area (Å²) < 4.78 is 5.50. The lowest BCUT2D eigenvalue weighted by atomic mass is 9.92. The van der Waals surface area contributed by atoms with Gasteiger partial charge in [-0.15, -0.1) is 0 Å². The molecule has 0 amide bonds. The number of hydrogen-bond donors (Lipinski definition) is 2. The molecular formula is C22H28N2OS. The first-order valence-corrected chi connectivity index (χ1v) is 9.30. The van der Waals surface area contributed by atoms with E-state index in [-0.39, 0.29) is 6.04 Å². The van der Waals surface area contributed by atoms with Crippen LogP contribution in [0.2, 0.25) is 0 Å². The van der Waals surface area contributed by atoms with E-state index in [1.54, 1.807) is 6.08 Å². The fourth-order valence-corrected chi connectivity index (χ4v) is 3.12. The van der Waals surface area contributed by atoms with Gasteiger partial charge < -0.3 is 15.4 Å². The van der Waals surface area contributed by atoms with Crippen molar-refractivity contribution in [3.05, 3.63) is 71.8 Å². The molecule has 0 saturated carbocycles. The normalized spacial score (nSPS) is 11.7. The van der Waals surface area contributed by atoms with E-state index in [4.69, 9.17) is 17.0 Å². The van der Waals surface area contributed by atoms with E-state index in [1.807, 2.05) is 24.3 Å². The lowest BCUT2D eigenvalue weighted by molar-refractivity contribution is 0.363. The Bertz CT molecular complexity index is 753. The van der Waals surface area contributed by atoms with Gasteiger partial charge >= 0.3 is 0 Å². The monoisotopic (exact) mass is 368 g/mol. The van der Waals surface area contributed by atoms with Crippen LogP contribution in [0.1, 0.15) is 36.6 Å². The van der Waals surface area contributed by atoms with Crippen LogP contribution in [0.15, 0.2) is 55.1 Å². The van der Waals surface area contributed by atoms with Gasteiger partial charge in [0.25, 0.3) is 0 Å². The Balaban J connectivity index is 2.04. The molecule has 0 fully saturated rings. The molecule has 0 radical (unpaired) electrons. The zero-order chi connectivity index (χ0) is 19.1. The van der Waals surface area contributed by atoms with Crippen LogP contribution in [0.5, 0.6) is 5.75 Å². The first-order valence-electron chi connectivity index (χ1n) is 8.89. The largest absolute Gasteiger partial charge is 0.490 e. The maximum absolute atomic E-state index is 5.54. The average molecular weight is 369 g/mol. The van der Waals surface area contributed by atoms with E-state index < -0.39 is 0 Å². The summed E-state index contributed by atoms with van der Waals surface area (Å²) in [4.78, 5) is 0. The summed E-state index contributed by atoms with van der Waals surface area (Å²) >= 11 is 5.54.